The number of benzene rings is 1. The minimum atomic E-state index is -2.11. The number of phenolic OH excluding ortho intramolecular Hbond substituents is 1. The van der Waals surface area contributed by atoms with Crippen LogP contribution >= 0.6 is 0 Å². The van der Waals surface area contributed by atoms with Gasteiger partial charge in [-0.25, -0.2) is 0 Å². The van der Waals surface area contributed by atoms with Crippen molar-refractivity contribution in [2.45, 2.75) is 31.0 Å². The molecule has 0 spiro atoms. The Morgan fingerprint density at radius 1 is 1.17 bits per heavy atom. The van der Waals surface area contributed by atoms with Gasteiger partial charge in [-0.1, -0.05) is 0 Å². The van der Waals surface area contributed by atoms with E-state index in [0.29, 0.717) is 31.7 Å². The first-order chi connectivity index (χ1) is 19.4. The third-order valence-electron chi connectivity index (χ3n) is 9.01. The Kier molecular flexibility index (Phi) is 7.39. The van der Waals surface area contributed by atoms with E-state index < -0.39 is 58.0 Å². The van der Waals surface area contributed by atoms with Crippen LogP contribution in [0.15, 0.2) is 23.0 Å². The van der Waals surface area contributed by atoms with Crippen molar-refractivity contribution in [2.24, 2.45) is 17.6 Å². The van der Waals surface area contributed by atoms with Gasteiger partial charge in [-0.15, -0.1) is 0 Å². The third kappa shape index (κ3) is 4.23. The summed E-state index contributed by atoms with van der Waals surface area (Å²) in [5, 5.41) is 34.1. The molecule has 12 nitrogen and oxygen atoms in total. The van der Waals surface area contributed by atoms with Crippen LogP contribution in [0.3, 0.4) is 0 Å². The molecule has 3 aliphatic carbocycles. The molecule has 0 radical (unpaired) electrons. The first-order valence-corrected chi connectivity index (χ1v) is 13.7. The molecule has 1 amide bonds. The first kappa shape index (κ1) is 29.1. The predicted octanol–water partition coefficient (Wildman–Crippen LogP) is 0.516. The second kappa shape index (κ2) is 10.4. The van der Waals surface area contributed by atoms with E-state index in [0.717, 1.165) is 24.3 Å². The number of aliphatic hydroxyl groups excluding tert-OH is 2. The van der Waals surface area contributed by atoms with Crippen LogP contribution in [0.1, 0.15) is 23.1 Å². The fourth-order valence-electron chi connectivity index (χ4n) is 7.37. The van der Waals surface area contributed by atoms with Crippen molar-refractivity contribution in [1.29, 1.82) is 0 Å². The molecule has 5 rings (SSSR count). The Labute approximate surface area is 238 Å². The zero-order valence-corrected chi connectivity index (χ0v) is 24.1. The highest BCUT2D eigenvalue weighted by atomic mass is 16.5. The Hall–Kier alpha value is -3.45. The van der Waals surface area contributed by atoms with Crippen LogP contribution in [0.2, 0.25) is 0 Å². The number of methoxy groups -OCH3 is 1. The van der Waals surface area contributed by atoms with Crippen LogP contribution < -0.4 is 10.6 Å². The van der Waals surface area contributed by atoms with Crippen molar-refractivity contribution < 1.29 is 39.2 Å². The summed E-state index contributed by atoms with van der Waals surface area (Å²) < 4.78 is 11.2. The van der Waals surface area contributed by atoms with Crippen molar-refractivity contribution in [3.8, 4) is 5.75 Å². The average Bonchev–Trinajstić information content (AvgIpc) is 2.88. The molecule has 5 N–H and O–H groups in total. The standard InChI is InChI=1S/C29H38N4O8/c1-31(2)22-15(13-33-6-8-41-9-7-33)12-18(34)20-16(22)10-14-11-17-23(32(3)4)25(36)21(28(30)39)27(38)29(17,40-5)26(37)19(14)24(20)35/h12,14,17,23,34-35,38H,6-11,13H2,1-5H3,(H2,30,39)/t14-,17-,23-,29-/m0/s1. The van der Waals surface area contributed by atoms with Crippen LogP contribution in [-0.2, 0) is 36.8 Å². The number of aliphatic hydroxyl groups is 2. The Bertz CT molecular complexity index is 1380. The number of amides is 1. The van der Waals surface area contributed by atoms with Crippen molar-refractivity contribution in [2.75, 3.05) is 66.5 Å². The zero-order valence-electron chi connectivity index (χ0n) is 24.1. The largest absolute Gasteiger partial charge is 0.508 e. The number of morpholine rings is 1. The SMILES string of the molecule is CO[C@]12C(=O)C3=C(O)c4c(O)cc(CN5CCOCC5)c(N(C)C)c4C[C@H]3C[C@H]1[C@H](N(C)C)C(=O)C(C(N)=O)=C2O. The molecule has 222 valence electrons. The summed E-state index contributed by atoms with van der Waals surface area (Å²) in [6.45, 7) is 3.32. The number of anilines is 1. The molecular formula is C29H38N4O8. The number of nitrogens with zero attached hydrogens (tertiary/aromatic N) is 3. The van der Waals surface area contributed by atoms with E-state index >= 15 is 0 Å². The number of phenols is 1. The van der Waals surface area contributed by atoms with Gasteiger partial charge >= 0.3 is 0 Å². The lowest BCUT2D eigenvalue weighted by atomic mass is 9.57. The number of rotatable bonds is 6. The fourth-order valence-corrected chi connectivity index (χ4v) is 7.37. The van der Waals surface area contributed by atoms with E-state index in [4.69, 9.17) is 15.2 Å². The van der Waals surface area contributed by atoms with Gasteiger partial charge in [0.25, 0.3) is 5.91 Å². The molecule has 4 atom stereocenters. The number of fused-ring (bicyclic) bond motifs is 3. The maximum atomic E-state index is 14.4. The molecule has 2 fully saturated rings. The predicted molar refractivity (Wildman–Crippen MR) is 149 cm³/mol. The summed E-state index contributed by atoms with van der Waals surface area (Å²) in [7, 11) is 8.30. The molecule has 1 aromatic rings. The lowest BCUT2D eigenvalue weighted by molar-refractivity contribution is -0.159. The van der Waals surface area contributed by atoms with Gasteiger partial charge in [-0.3, -0.25) is 24.2 Å². The number of Topliss-reactive ketones (excluding diaryl/α,β-unsaturated/α-hetero) is 2. The number of primary amides is 1. The van der Waals surface area contributed by atoms with E-state index in [1.54, 1.807) is 25.1 Å². The topological polar surface area (TPSA) is 166 Å². The van der Waals surface area contributed by atoms with Gasteiger partial charge < -0.3 is 35.4 Å². The molecule has 4 aliphatic rings. The summed E-state index contributed by atoms with van der Waals surface area (Å²) >= 11 is 0. The van der Waals surface area contributed by atoms with E-state index in [-0.39, 0.29) is 23.3 Å². The van der Waals surface area contributed by atoms with Gasteiger partial charge in [-0.2, -0.15) is 0 Å². The van der Waals surface area contributed by atoms with Crippen LogP contribution in [-0.4, -0.2) is 116 Å². The van der Waals surface area contributed by atoms with E-state index in [1.165, 1.54) is 7.11 Å². The van der Waals surface area contributed by atoms with Crippen LogP contribution in [0.5, 0.6) is 5.75 Å². The number of ketones is 2. The Balaban J connectivity index is 1.70. The summed E-state index contributed by atoms with van der Waals surface area (Å²) in [5.74, 6) is -5.44. The molecule has 12 heteroatoms. The lowest BCUT2D eigenvalue weighted by Gasteiger charge is -2.52. The Morgan fingerprint density at radius 2 is 1.83 bits per heavy atom. The molecule has 1 heterocycles. The number of nitrogens with two attached hydrogens (primary N) is 1. The Morgan fingerprint density at radius 3 is 2.39 bits per heavy atom. The minimum absolute atomic E-state index is 0.0150. The number of hydrogen-bond donors (Lipinski definition) is 4. The molecule has 0 aromatic heterocycles. The summed E-state index contributed by atoms with van der Waals surface area (Å²) in [6, 6.07) is 0.629. The summed E-state index contributed by atoms with van der Waals surface area (Å²) in [4.78, 5) is 45.9. The van der Waals surface area contributed by atoms with Gasteiger partial charge in [0.05, 0.1) is 24.8 Å². The zero-order chi connectivity index (χ0) is 30.0. The van der Waals surface area contributed by atoms with Crippen molar-refractivity contribution >= 4 is 28.9 Å². The van der Waals surface area contributed by atoms with Gasteiger partial charge in [0, 0.05) is 58.0 Å². The fraction of sp³-hybridized carbons (Fsp3) is 0.552. The van der Waals surface area contributed by atoms with Crippen molar-refractivity contribution in [3.05, 3.63) is 39.7 Å². The smallest absolute Gasteiger partial charge is 0.255 e. The molecular weight excluding hydrogens is 532 g/mol. The van der Waals surface area contributed by atoms with Gasteiger partial charge in [0.1, 0.15) is 22.8 Å². The van der Waals surface area contributed by atoms with Crippen LogP contribution in [0, 0.1) is 11.8 Å². The van der Waals surface area contributed by atoms with Gasteiger partial charge in [-0.05, 0) is 50.0 Å². The second-order valence-electron chi connectivity index (χ2n) is 11.7. The van der Waals surface area contributed by atoms with Crippen LogP contribution in [0.4, 0.5) is 5.69 Å². The number of hydrogen-bond acceptors (Lipinski definition) is 11. The van der Waals surface area contributed by atoms with Crippen molar-refractivity contribution in [1.82, 2.24) is 9.80 Å². The van der Waals surface area contributed by atoms with Crippen LogP contribution in [0.25, 0.3) is 5.76 Å². The minimum Gasteiger partial charge on any atom is -0.508 e. The molecule has 41 heavy (non-hydrogen) atoms. The third-order valence-corrected chi connectivity index (χ3v) is 9.01. The van der Waals surface area contributed by atoms with Gasteiger partial charge in [0.15, 0.2) is 11.4 Å². The monoisotopic (exact) mass is 570 g/mol. The maximum Gasteiger partial charge on any atom is 0.255 e. The molecule has 1 saturated heterocycles. The summed E-state index contributed by atoms with van der Waals surface area (Å²) in [5.41, 5.74) is 5.25. The second-order valence-corrected chi connectivity index (χ2v) is 11.7. The summed E-state index contributed by atoms with van der Waals surface area (Å²) in [6.07, 6.45) is 0.487. The molecule has 0 bridgehead atoms. The molecule has 1 aromatic carbocycles. The highest BCUT2D eigenvalue weighted by molar-refractivity contribution is 6.24. The highest BCUT2D eigenvalue weighted by Crippen LogP contribution is 2.55. The van der Waals surface area contributed by atoms with E-state index in [9.17, 15) is 29.7 Å². The molecule has 1 aliphatic heterocycles. The maximum absolute atomic E-state index is 14.4. The molecule has 0 unspecified atom stereocenters. The van der Waals surface area contributed by atoms with Crippen molar-refractivity contribution in [3.63, 3.8) is 0 Å². The first-order valence-electron chi connectivity index (χ1n) is 13.7. The number of carbonyl (C=O) groups is 3. The van der Waals surface area contributed by atoms with Gasteiger partial charge in [0.2, 0.25) is 5.78 Å². The molecule has 1 saturated carbocycles. The lowest BCUT2D eigenvalue weighted by Crippen LogP contribution is -2.66. The number of ether oxygens (including phenoxy) is 2. The number of likely N-dealkylation sites (N-methyl/N-ethyl adjacent to an activating group) is 1. The average molecular weight is 571 g/mol. The van der Waals surface area contributed by atoms with E-state index in [2.05, 4.69) is 4.90 Å². The highest BCUT2D eigenvalue weighted by Gasteiger charge is 2.65. The number of carbonyl (C=O) groups excluding carboxylic acids is 3. The normalized spacial score (nSPS) is 28.5. The number of aromatic hydroxyl groups is 1. The quantitative estimate of drug-likeness (QED) is 0.352. The van der Waals surface area contributed by atoms with E-state index in [1.807, 2.05) is 19.0 Å².